The summed E-state index contributed by atoms with van der Waals surface area (Å²) in [5.41, 5.74) is 0. The molecule has 25 N–H and O–H groups in total. The summed E-state index contributed by atoms with van der Waals surface area (Å²) in [5.74, 6) is -2.71. The second kappa shape index (κ2) is 35.2. The molecule has 0 aromatic rings. The predicted octanol–water partition coefficient (Wildman–Crippen LogP) is -16.3. The van der Waals surface area contributed by atoms with Crippen LogP contribution in [0.15, 0.2) is 0 Å². The number of aliphatic hydroxyl groups is 22. The molecule has 7 aliphatic rings. The molecule has 3 amide bonds. The fourth-order valence-electron chi connectivity index (χ4n) is 12.0. The normalized spacial score (nSPS) is 46.8. The quantitative estimate of drug-likeness (QED) is 0.0363. The Morgan fingerprint density at radius 3 is 1.18 bits per heavy atom. The van der Waals surface area contributed by atoms with Gasteiger partial charge in [-0.25, -0.2) is 0 Å². The summed E-state index contributed by atoms with van der Waals surface area (Å²) < 4.78 is 82.3. The summed E-state index contributed by atoms with van der Waals surface area (Å²) in [6.45, 7) is -2.09. The van der Waals surface area contributed by atoms with Crippen molar-refractivity contribution in [2.24, 2.45) is 0 Å². The van der Waals surface area contributed by atoms with Crippen LogP contribution in [0.2, 0.25) is 0 Å². The molecule has 0 spiro atoms. The Labute approximate surface area is 545 Å². The monoisotopic (exact) mass is 1410 g/mol. The zero-order valence-corrected chi connectivity index (χ0v) is 52.2. The lowest BCUT2D eigenvalue weighted by Crippen LogP contribution is -2.70. The second-order valence-electron chi connectivity index (χ2n) is 24.4. The molecule has 42 heteroatoms. The number of rotatable bonds is 27. The minimum absolute atomic E-state index is 0.861. The van der Waals surface area contributed by atoms with Crippen LogP contribution in [0.5, 0.6) is 0 Å². The molecule has 558 valence electrons. The smallest absolute Gasteiger partial charge is 0.217 e. The van der Waals surface area contributed by atoms with E-state index < -0.39 is 303 Å². The first kappa shape index (κ1) is 80.3. The Bertz CT molecular complexity index is 2420. The molecule has 7 aliphatic heterocycles. The van der Waals surface area contributed by atoms with E-state index in [0.717, 1.165) is 20.8 Å². The molecular formula is C54H93N3O39. The van der Waals surface area contributed by atoms with Gasteiger partial charge >= 0.3 is 0 Å². The molecule has 39 atom stereocenters. The van der Waals surface area contributed by atoms with Gasteiger partial charge in [-0.05, 0) is 13.8 Å². The number of carbonyl (C=O) groups excluding carboxylic acids is 3. The van der Waals surface area contributed by atoms with Gasteiger partial charge in [-0.15, -0.1) is 0 Å². The van der Waals surface area contributed by atoms with Gasteiger partial charge in [0.15, 0.2) is 44.0 Å². The first-order valence-electron chi connectivity index (χ1n) is 30.8. The number of nitrogens with one attached hydrogen (secondary N) is 3. The third kappa shape index (κ3) is 18.1. The first-order chi connectivity index (χ1) is 45.3. The molecular weight excluding hydrogens is 1310 g/mol. The van der Waals surface area contributed by atoms with Gasteiger partial charge in [-0.1, -0.05) is 0 Å². The zero-order valence-electron chi connectivity index (χ0n) is 52.2. The van der Waals surface area contributed by atoms with Crippen LogP contribution in [0.25, 0.3) is 0 Å². The average Bonchev–Trinajstić information content (AvgIpc) is 0.776. The molecule has 0 radical (unpaired) electrons. The highest BCUT2D eigenvalue weighted by Crippen LogP contribution is 2.38. The molecule has 0 aliphatic carbocycles. The van der Waals surface area contributed by atoms with Gasteiger partial charge in [0.2, 0.25) is 17.7 Å². The van der Waals surface area contributed by atoms with Crippen molar-refractivity contribution in [1.82, 2.24) is 16.0 Å². The number of amides is 3. The fraction of sp³-hybridized carbons (Fsp3) is 0.944. The first-order valence-corrected chi connectivity index (χ1v) is 30.8. The van der Waals surface area contributed by atoms with E-state index in [1.54, 1.807) is 0 Å². The van der Waals surface area contributed by atoms with Gasteiger partial charge in [0.05, 0.1) is 64.5 Å². The topological polar surface area (TPSA) is 662 Å². The Kier molecular flexibility index (Phi) is 29.5. The summed E-state index contributed by atoms with van der Waals surface area (Å²) in [7, 11) is 0. The van der Waals surface area contributed by atoms with Crippen molar-refractivity contribution in [2.45, 2.75) is 274 Å². The third-order valence-corrected chi connectivity index (χ3v) is 17.4. The summed E-state index contributed by atoms with van der Waals surface area (Å²) in [4.78, 5) is 38.3. The molecule has 0 aromatic heterocycles. The Morgan fingerprint density at radius 2 is 0.771 bits per heavy atom. The minimum Gasteiger partial charge on any atom is -0.394 e. The molecule has 7 fully saturated rings. The Morgan fingerprint density at radius 1 is 0.375 bits per heavy atom. The van der Waals surface area contributed by atoms with Crippen molar-refractivity contribution >= 4 is 17.7 Å². The van der Waals surface area contributed by atoms with Gasteiger partial charge < -0.3 is 195 Å². The minimum atomic E-state index is -2.44. The maximum atomic E-state index is 13.0. The standard InChI is InChI=1S/C54H93N3O39/c1-13-27(68)35(76)39(80)50(84-13)95-46-37(78)30(71)20(8-60)86-53(46)92-43-22(10-62)88-48(25(33(43)74)56-16(4)65)83-12-24-32(73)45(41(82)52(90-24)91-42(29(70)19(67)7-59)18(6-58)55-15(3)64)94-49-26(57-17(5)66)34(75)44(23(11-63)89-49)93-54-47(38(79)31(72)21(9-61)87-54)96-51-40(81)36(77)28(69)14(2)85-51/h13-14,18-54,58-63,67-82H,6-12H2,1-5H3,(H,55,64)(H,56,65)(H,57,66)/t13-,14-,18-,19+,20+,21+,22+,23+,24+,25+,26+,27+,28+,29-,30-,31-,32-,33+,34+,35+,36+,37-,38-,39-,40-,41+,42+,43+,44+,45-,46+,47+,48+,49-,50-,51-,52-,53-,54-/m0/s1. The van der Waals surface area contributed by atoms with E-state index in [1.807, 2.05) is 0 Å². The van der Waals surface area contributed by atoms with Crippen molar-refractivity contribution in [3.63, 3.8) is 0 Å². The van der Waals surface area contributed by atoms with Crippen LogP contribution in [0.4, 0.5) is 0 Å². The van der Waals surface area contributed by atoms with E-state index in [-0.39, 0.29) is 0 Å². The maximum absolute atomic E-state index is 13.0. The largest absolute Gasteiger partial charge is 0.394 e. The summed E-state index contributed by atoms with van der Waals surface area (Å²) in [5, 5.41) is 247. The van der Waals surface area contributed by atoms with Crippen LogP contribution < -0.4 is 16.0 Å². The van der Waals surface area contributed by atoms with Gasteiger partial charge in [0, 0.05) is 20.8 Å². The summed E-state index contributed by atoms with van der Waals surface area (Å²) >= 11 is 0. The van der Waals surface area contributed by atoms with Crippen molar-refractivity contribution < 1.29 is 193 Å². The Hall–Kier alpha value is -3.03. The summed E-state index contributed by atoms with van der Waals surface area (Å²) in [6, 6.07) is -5.52. The molecule has 7 heterocycles. The lowest BCUT2D eigenvalue weighted by Gasteiger charge is -2.50. The summed E-state index contributed by atoms with van der Waals surface area (Å²) in [6.07, 6.45) is -70.7. The van der Waals surface area contributed by atoms with Gasteiger partial charge in [-0.2, -0.15) is 0 Å². The highest BCUT2D eigenvalue weighted by Gasteiger charge is 2.59. The van der Waals surface area contributed by atoms with Crippen molar-refractivity contribution in [2.75, 3.05) is 46.2 Å². The molecule has 96 heavy (non-hydrogen) atoms. The zero-order chi connectivity index (χ0) is 71.2. The molecule has 0 saturated carbocycles. The number of aliphatic hydroxyl groups excluding tert-OH is 22. The second-order valence-corrected chi connectivity index (χ2v) is 24.4. The molecule has 7 rings (SSSR count). The van der Waals surface area contributed by atoms with Crippen LogP contribution in [0.3, 0.4) is 0 Å². The lowest BCUT2D eigenvalue weighted by molar-refractivity contribution is -0.390. The molecule has 0 unspecified atom stereocenters. The van der Waals surface area contributed by atoms with E-state index in [2.05, 4.69) is 16.0 Å². The van der Waals surface area contributed by atoms with Crippen LogP contribution in [-0.4, -0.2) is 415 Å². The van der Waals surface area contributed by atoms with Crippen molar-refractivity contribution in [1.29, 1.82) is 0 Å². The third-order valence-electron chi connectivity index (χ3n) is 17.4. The fourth-order valence-corrected chi connectivity index (χ4v) is 12.0. The van der Waals surface area contributed by atoms with Crippen LogP contribution in [0.1, 0.15) is 34.6 Å². The Balaban J connectivity index is 1.19. The van der Waals surface area contributed by atoms with Crippen LogP contribution in [-0.2, 0) is 80.7 Å². The van der Waals surface area contributed by atoms with Crippen molar-refractivity contribution in [3.05, 3.63) is 0 Å². The number of hydrogen-bond donors (Lipinski definition) is 25. The number of ether oxygens (including phenoxy) is 14. The molecule has 42 nitrogen and oxygen atoms in total. The van der Waals surface area contributed by atoms with Gasteiger partial charge in [0.25, 0.3) is 0 Å². The van der Waals surface area contributed by atoms with Gasteiger partial charge in [0.1, 0.15) is 177 Å². The maximum Gasteiger partial charge on any atom is 0.217 e. The van der Waals surface area contributed by atoms with Crippen LogP contribution >= 0.6 is 0 Å². The SMILES string of the molecule is CC(=O)N[C@H]1[C@H](OC[C@H]2O[C@@H](O[C@@H]([C@@H](O)[C@H](O)CO)[C@H](CO)NC(C)=O)[C@H](O)[C@@H](O[C@@H]3O[C@H](CO)[C@@H](O[C@@H]4O[C@H](CO)[C@H](O)[C@H](O)[C@H]4O[C@@H]4O[C@@H](C)[C@@H](O)[C@@H](O)[C@@H]4O)[C@H](O)[C@H]3NC(C)=O)[C@H]2O)O[C@H](CO)[C@@H](O[C@@H]2O[C@H](CO)[C@H](O)[C@H](O)[C@H]2O[C@@H]2O[C@@H](C)[C@@H](O)[C@@H](O)[C@@H]2O)[C@@H]1O. The van der Waals surface area contributed by atoms with Crippen LogP contribution in [0, 0.1) is 0 Å². The van der Waals surface area contributed by atoms with E-state index in [1.165, 1.54) is 13.8 Å². The molecule has 7 saturated heterocycles. The lowest BCUT2D eigenvalue weighted by atomic mass is 9.94. The van der Waals surface area contributed by atoms with Crippen molar-refractivity contribution in [3.8, 4) is 0 Å². The van der Waals surface area contributed by atoms with E-state index >= 15 is 0 Å². The molecule has 0 aromatic carbocycles. The number of hydrogen-bond acceptors (Lipinski definition) is 39. The van der Waals surface area contributed by atoms with E-state index in [4.69, 9.17) is 66.3 Å². The predicted molar refractivity (Wildman–Crippen MR) is 299 cm³/mol. The van der Waals surface area contributed by atoms with E-state index in [0.29, 0.717) is 0 Å². The van der Waals surface area contributed by atoms with Gasteiger partial charge in [-0.3, -0.25) is 14.4 Å². The van der Waals surface area contributed by atoms with E-state index in [9.17, 15) is 127 Å². The average molecular weight is 1410 g/mol. The highest BCUT2D eigenvalue weighted by atomic mass is 16.8. The number of carbonyl (C=O) groups is 3. The molecule has 0 bridgehead atoms. The highest BCUT2D eigenvalue weighted by molar-refractivity contribution is 5.74.